The van der Waals surface area contributed by atoms with Crippen LogP contribution in [-0.4, -0.2) is 71.1 Å². The van der Waals surface area contributed by atoms with Crippen molar-refractivity contribution in [1.82, 2.24) is 15.2 Å². The number of H-pyrrole nitrogens is 1. The van der Waals surface area contributed by atoms with Crippen LogP contribution in [0, 0.1) is 0 Å². The fourth-order valence-electron chi connectivity index (χ4n) is 5.52. The van der Waals surface area contributed by atoms with Crippen LogP contribution >= 0.6 is 11.6 Å². The molecule has 0 aliphatic carbocycles. The Hall–Kier alpha value is -5.56. The van der Waals surface area contributed by atoms with Gasteiger partial charge in [-0.3, -0.25) is 14.9 Å². The van der Waals surface area contributed by atoms with Crippen molar-refractivity contribution in [2.45, 2.75) is 19.1 Å². The van der Waals surface area contributed by atoms with Gasteiger partial charge in [0, 0.05) is 55.3 Å². The molecule has 0 fully saturated rings. The first-order valence-corrected chi connectivity index (χ1v) is 16.1. The van der Waals surface area contributed by atoms with E-state index in [0.29, 0.717) is 40.9 Å². The number of benzene rings is 4. The van der Waals surface area contributed by atoms with Gasteiger partial charge in [0.15, 0.2) is 6.61 Å². The number of nitrogens with zero attached hydrogens (tertiary/aromatic N) is 1. The number of methoxy groups -OCH3 is 1. The molecule has 50 heavy (non-hydrogen) atoms. The van der Waals surface area contributed by atoms with Gasteiger partial charge in [-0.2, -0.15) is 0 Å². The van der Waals surface area contributed by atoms with Crippen molar-refractivity contribution in [3.05, 3.63) is 117 Å². The number of pyridine rings is 1. The third-order valence-corrected chi connectivity index (χ3v) is 8.47. The summed E-state index contributed by atoms with van der Waals surface area (Å²) < 4.78 is 11.3. The summed E-state index contributed by atoms with van der Waals surface area (Å²) in [6.45, 7) is 0.525. The van der Waals surface area contributed by atoms with E-state index in [9.17, 15) is 29.7 Å². The van der Waals surface area contributed by atoms with Gasteiger partial charge in [-0.05, 0) is 47.4 Å². The topological polar surface area (TPSA) is 173 Å². The van der Waals surface area contributed by atoms with E-state index in [1.807, 2.05) is 42.5 Å². The molecule has 4 aromatic carbocycles. The van der Waals surface area contributed by atoms with Gasteiger partial charge in [0.2, 0.25) is 5.56 Å². The zero-order valence-electron chi connectivity index (χ0n) is 27.4. The lowest BCUT2D eigenvalue weighted by Gasteiger charge is -2.19. The average molecular weight is 701 g/mol. The van der Waals surface area contributed by atoms with Gasteiger partial charge in [-0.25, -0.2) is 4.79 Å². The number of anilines is 1. The average Bonchev–Trinajstić information content (AvgIpc) is 3.10. The van der Waals surface area contributed by atoms with Crippen molar-refractivity contribution in [3.63, 3.8) is 0 Å². The van der Waals surface area contributed by atoms with Crippen LogP contribution in [0.5, 0.6) is 17.2 Å². The van der Waals surface area contributed by atoms with Crippen LogP contribution in [0.1, 0.15) is 22.8 Å². The Morgan fingerprint density at radius 1 is 1.00 bits per heavy atom. The van der Waals surface area contributed by atoms with Gasteiger partial charge in [0.05, 0.1) is 29.4 Å². The number of amides is 2. The molecule has 5 rings (SSSR count). The molecule has 0 saturated carbocycles. The number of hydrogen-bond acceptors (Lipinski definition) is 8. The lowest BCUT2D eigenvalue weighted by molar-refractivity contribution is -0.132. The molecule has 0 radical (unpaired) electrons. The Labute approximate surface area is 292 Å². The molecule has 1 heterocycles. The van der Waals surface area contributed by atoms with Crippen LogP contribution in [0.4, 0.5) is 10.5 Å². The fraction of sp³-hybridized carbons (Fsp3) is 0.216. The summed E-state index contributed by atoms with van der Waals surface area (Å²) in [4.78, 5) is 40.2. The molecule has 0 spiro atoms. The van der Waals surface area contributed by atoms with Crippen molar-refractivity contribution < 1.29 is 34.4 Å². The number of likely N-dealkylation sites (N-methyl/N-ethyl adjacent to an activating group) is 1. The Morgan fingerprint density at radius 3 is 2.52 bits per heavy atom. The number of phenolic OH excluding ortho intramolecular Hbond substituents is 1. The minimum atomic E-state index is -1.16. The van der Waals surface area contributed by atoms with Crippen molar-refractivity contribution in [2.75, 3.05) is 39.2 Å². The number of aromatic amines is 1. The number of aromatic nitrogens is 1. The predicted octanol–water partition coefficient (Wildman–Crippen LogP) is 5.56. The number of halogens is 1. The van der Waals surface area contributed by atoms with E-state index >= 15 is 0 Å². The first-order chi connectivity index (χ1) is 24.0. The molecule has 13 heteroatoms. The lowest BCUT2D eigenvalue weighted by atomic mass is 10.00. The molecule has 1 atom stereocenters. The van der Waals surface area contributed by atoms with Gasteiger partial charge in [-0.1, -0.05) is 60.1 Å². The summed E-state index contributed by atoms with van der Waals surface area (Å²) in [5.41, 5.74) is 4.06. The van der Waals surface area contributed by atoms with Crippen LogP contribution in [0.2, 0.25) is 5.02 Å². The van der Waals surface area contributed by atoms with Crippen LogP contribution in [-0.2, 0) is 17.8 Å². The molecule has 0 bridgehead atoms. The number of phenols is 1. The SMILES string of the molecule is COc1cc(OCC(=O)N(C)CCc2ccc(-c3ccccc3)c(NC(=O)O)c2)c(Cl)cc1CNC[C@H](O)c1ccc(O)c2[nH]c(=O)ccc12. The third-order valence-electron chi connectivity index (χ3n) is 8.18. The number of aliphatic hydroxyl groups excluding tert-OH is 1. The number of carboxylic acid groups (broad SMARTS) is 1. The summed E-state index contributed by atoms with van der Waals surface area (Å²) >= 11 is 6.52. The van der Waals surface area contributed by atoms with Crippen molar-refractivity contribution in [2.24, 2.45) is 0 Å². The molecule has 6 N–H and O–H groups in total. The molecular formula is C37H37ClN4O8. The van der Waals surface area contributed by atoms with Crippen LogP contribution < -0.4 is 25.7 Å². The number of aliphatic hydroxyl groups is 1. The number of hydrogen-bond donors (Lipinski definition) is 6. The minimum Gasteiger partial charge on any atom is -0.506 e. The Bertz CT molecular complexity index is 2050. The van der Waals surface area contributed by atoms with E-state index < -0.39 is 12.2 Å². The first kappa shape index (κ1) is 35.7. The number of carbonyl (C=O) groups excluding carboxylic acids is 1. The van der Waals surface area contributed by atoms with E-state index in [4.69, 9.17) is 21.1 Å². The van der Waals surface area contributed by atoms with E-state index in [2.05, 4.69) is 15.6 Å². The molecule has 2 amide bonds. The monoisotopic (exact) mass is 700 g/mol. The van der Waals surface area contributed by atoms with Gasteiger partial charge in [-0.15, -0.1) is 0 Å². The first-order valence-electron chi connectivity index (χ1n) is 15.7. The quantitative estimate of drug-likeness (QED) is 0.0868. The maximum atomic E-state index is 12.9. The van der Waals surface area contributed by atoms with Crippen molar-refractivity contribution in [3.8, 4) is 28.4 Å². The second-order valence-corrected chi connectivity index (χ2v) is 12.0. The normalized spacial score (nSPS) is 11.6. The number of aromatic hydroxyl groups is 1. The van der Waals surface area contributed by atoms with E-state index in [1.54, 1.807) is 37.4 Å². The summed E-state index contributed by atoms with van der Waals surface area (Å²) in [5, 5.41) is 36.8. The Balaban J connectivity index is 1.15. The van der Waals surface area contributed by atoms with E-state index in [1.165, 1.54) is 24.1 Å². The number of rotatable bonds is 14. The maximum absolute atomic E-state index is 12.9. The highest BCUT2D eigenvalue weighted by Crippen LogP contribution is 2.34. The van der Waals surface area contributed by atoms with Gasteiger partial charge < -0.3 is 40.0 Å². The molecule has 5 aromatic rings. The Kier molecular flexibility index (Phi) is 11.6. The molecule has 1 aromatic heterocycles. The lowest BCUT2D eigenvalue weighted by Crippen LogP contribution is -2.33. The number of fused-ring (bicyclic) bond motifs is 1. The molecular weight excluding hydrogens is 664 g/mol. The molecule has 12 nitrogen and oxygen atoms in total. The highest BCUT2D eigenvalue weighted by molar-refractivity contribution is 6.32. The van der Waals surface area contributed by atoms with Gasteiger partial charge >= 0.3 is 6.09 Å². The summed E-state index contributed by atoms with van der Waals surface area (Å²) in [6, 6.07) is 24.2. The highest BCUT2D eigenvalue weighted by atomic mass is 35.5. The highest BCUT2D eigenvalue weighted by Gasteiger charge is 2.17. The largest absolute Gasteiger partial charge is 0.506 e. The van der Waals surface area contributed by atoms with Crippen molar-refractivity contribution in [1.29, 1.82) is 0 Å². The Morgan fingerprint density at radius 2 is 1.78 bits per heavy atom. The molecule has 0 aliphatic rings. The summed E-state index contributed by atoms with van der Waals surface area (Å²) in [6.07, 6.45) is -1.63. The summed E-state index contributed by atoms with van der Waals surface area (Å²) in [7, 11) is 3.16. The molecule has 260 valence electrons. The second kappa shape index (κ2) is 16.2. The number of carbonyl (C=O) groups is 2. The predicted molar refractivity (Wildman–Crippen MR) is 191 cm³/mol. The van der Waals surface area contributed by atoms with Crippen molar-refractivity contribution >= 4 is 40.2 Å². The summed E-state index contributed by atoms with van der Waals surface area (Å²) in [5.74, 6) is 0.354. The van der Waals surface area contributed by atoms with Gasteiger partial charge in [0.25, 0.3) is 5.91 Å². The smallest absolute Gasteiger partial charge is 0.409 e. The second-order valence-electron chi connectivity index (χ2n) is 11.6. The van der Waals surface area contributed by atoms with E-state index in [-0.39, 0.29) is 53.2 Å². The minimum absolute atomic E-state index is 0.0903. The van der Waals surface area contributed by atoms with Crippen LogP contribution in [0.15, 0.2) is 89.7 Å². The van der Waals surface area contributed by atoms with Gasteiger partial charge in [0.1, 0.15) is 17.2 Å². The third kappa shape index (κ3) is 8.72. The van der Waals surface area contributed by atoms with Crippen LogP contribution in [0.3, 0.4) is 0 Å². The molecule has 0 saturated heterocycles. The molecule has 0 unspecified atom stereocenters. The number of ether oxygens (including phenoxy) is 2. The maximum Gasteiger partial charge on any atom is 0.409 e. The van der Waals surface area contributed by atoms with E-state index in [0.717, 1.165) is 16.7 Å². The van der Waals surface area contributed by atoms with Crippen LogP contribution in [0.25, 0.3) is 22.0 Å². The molecule has 0 aliphatic heterocycles. The standard InChI is InChI=1S/C37H37ClN4O8/c1-42(15-14-22-8-9-25(23-6-4-3-5-7-23)29(16-22)40-37(47)48)35(46)21-50-33-18-32(49-2)24(17-28(33)38)19-39-20-31(44)26-10-12-30(43)36-27(26)11-13-34(45)41-36/h3-13,16-18,31,39-40,43-44H,14-15,19-21H2,1-2H3,(H,41,45)(H,47,48)/t31-/m0/s1. The zero-order valence-corrected chi connectivity index (χ0v) is 28.2. The number of nitrogens with one attached hydrogen (secondary N) is 3. The zero-order chi connectivity index (χ0) is 35.8. The fourth-order valence-corrected chi connectivity index (χ4v) is 5.76.